The second-order valence-electron chi connectivity index (χ2n) is 2.76. The predicted molar refractivity (Wildman–Crippen MR) is 56.7 cm³/mol. The highest BCUT2D eigenvalue weighted by molar-refractivity contribution is 6.16. The molecule has 0 aliphatic carbocycles. The van der Waals surface area contributed by atoms with Crippen molar-refractivity contribution in [3.05, 3.63) is 35.8 Å². The molecule has 4 heteroatoms. The van der Waals surface area contributed by atoms with Crippen LogP contribution in [0.25, 0.3) is 5.65 Å². The number of hydrogen-bond donors (Lipinski definition) is 0. The molecule has 0 unspecified atom stereocenters. The minimum atomic E-state index is 0. The molecular formula is C9H10Cl2N2. The fraction of sp³-hybridized carbons (Fsp3) is 0.222. The van der Waals surface area contributed by atoms with Crippen molar-refractivity contribution in [1.29, 1.82) is 0 Å². The zero-order valence-corrected chi connectivity index (χ0v) is 8.77. The lowest BCUT2D eigenvalue weighted by atomic mass is 10.4. The summed E-state index contributed by atoms with van der Waals surface area (Å²) in [6.07, 6.45) is 1.99. The van der Waals surface area contributed by atoms with Gasteiger partial charge in [-0.15, -0.1) is 24.0 Å². The molecule has 0 aliphatic heterocycles. The molecule has 0 saturated carbocycles. The number of alkyl halides is 1. The largest absolute Gasteiger partial charge is 0.303 e. The molecule has 0 aliphatic rings. The highest BCUT2D eigenvalue weighted by Gasteiger charge is 2.00. The van der Waals surface area contributed by atoms with E-state index in [4.69, 9.17) is 11.6 Å². The predicted octanol–water partition coefficient (Wildman–Crippen LogP) is 2.80. The normalized spacial score (nSPS) is 10.0. The fourth-order valence-electron chi connectivity index (χ4n) is 1.30. The third-order valence-corrected chi connectivity index (χ3v) is 2.11. The van der Waals surface area contributed by atoms with Crippen molar-refractivity contribution < 1.29 is 0 Å². The molecule has 2 aromatic rings. The Balaban J connectivity index is 0.000000845. The van der Waals surface area contributed by atoms with Crippen LogP contribution in [0, 0.1) is 6.92 Å². The molecular weight excluding hydrogens is 207 g/mol. The Hall–Kier alpha value is -0.730. The van der Waals surface area contributed by atoms with E-state index >= 15 is 0 Å². The van der Waals surface area contributed by atoms with Crippen molar-refractivity contribution >= 4 is 29.7 Å². The first-order chi connectivity index (χ1) is 5.81. The van der Waals surface area contributed by atoms with E-state index in [0.717, 1.165) is 17.0 Å². The molecule has 0 aromatic carbocycles. The van der Waals surface area contributed by atoms with Crippen LogP contribution in [0.15, 0.2) is 24.4 Å². The fourth-order valence-corrected chi connectivity index (χ4v) is 1.52. The first-order valence-corrected chi connectivity index (χ1v) is 4.34. The number of rotatable bonds is 1. The molecule has 0 amide bonds. The van der Waals surface area contributed by atoms with Gasteiger partial charge in [0.25, 0.3) is 0 Å². The Bertz CT molecular complexity index is 409. The molecule has 2 nitrogen and oxygen atoms in total. The molecule has 0 radical (unpaired) electrons. The molecule has 0 atom stereocenters. The van der Waals surface area contributed by atoms with Gasteiger partial charge in [0.05, 0.1) is 11.6 Å². The lowest BCUT2D eigenvalue weighted by Crippen LogP contribution is -1.90. The number of aromatic nitrogens is 2. The van der Waals surface area contributed by atoms with Crippen LogP contribution < -0.4 is 0 Å². The SMILES string of the molecule is Cc1cn2c(CCl)cccc2n1.Cl. The number of hydrogen-bond acceptors (Lipinski definition) is 1. The Morgan fingerprint density at radius 2 is 2.23 bits per heavy atom. The Morgan fingerprint density at radius 3 is 2.92 bits per heavy atom. The summed E-state index contributed by atoms with van der Waals surface area (Å²) in [7, 11) is 0. The number of fused-ring (bicyclic) bond motifs is 1. The number of nitrogens with zero attached hydrogens (tertiary/aromatic N) is 2. The maximum atomic E-state index is 5.77. The molecule has 0 saturated heterocycles. The minimum Gasteiger partial charge on any atom is -0.303 e. The molecule has 0 spiro atoms. The standard InChI is InChI=1S/C9H9ClN2.ClH/c1-7-6-12-8(5-10)3-2-4-9(12)11-7;/h2-4,6H,5H2,1H3;1H. The third kappa shape index (κ3) is 1.79. The van der Waals surface area contributed by atoms with Gasteiger partial charge in [0.15, 0.2) is 0 Å². The van der Waals surface area contributed by atoms with E-state index in [9.17, 15) is 0 Å². The van der Waals surface area contributed by atoms with Crippen molar-refractivity contribution in [2.45, 2.75) is 12.8 Å². The molecule has 0 fully saturated rings. The van der Waals surface area contributed by atoms with E-state index in [-0.39, 0.29) is 12.4 Å². The average molecular weight is 217 g/mol. The second kappa shape index (κ2) is 3.99. The quantitative estimate of drug-likeness (QED) is 0.671. The topological polar surface area (TPSA) is 17.3 Å². The average Bonchev–Trinajstić information content (AvgIpc) is 2.44. The van der Waals surface area contributed by atoms with Crippen LogP contribution in [-0.4, -0.2) is 9.38 Å². The first kappa shape index (κ1) is 10.4. The van der Waals surface area contributed by atoms with Crippen LogP contribution in [0.2, 0.25) is 0 Å². The van der Waals surface area contributed by atoms with E-state index in [1.807, 2.05) is 35.7 Å². The van der Waals surface area contributed by atoms with Crippen molar-refractivity contribution in [2.75, 3.05) is 0 Å². The number of halogens is 2. The van der Waals surface area contributed by atoms with Gasteiger partial charge in [0.2, 0.25) is 0 Å². The maximum absolute atomic E-state index is 5.77. The van der Waals surface area contributed by atoms with Gasteiger partial charge in [-0.05, 0) is 19.1 Å². The van der Waals surface area contributed by atoms with Gasteiger partial charge in [0, 0.05) is 11.9 Å². The molecule has 0 bridgehead atoms. The second-order valence-corrected chi connectivity index (χ2v) is 3.03. The van der Waals surface area contributed by atoms with Crippen LogP contribution >= 0.6 is 24.0 Å². The van der Waals surface area contributed by atoms with E-state index in [1.165, 1.54) is 0 Å². The van der Waals surface area contributed by atoms with Gasteiger partial charge < -0.3 is 4.40 Å². The van der Waals surface area contributed by atoms with Gasteiger partial charge in [-0.25, -0.2) is 4.98 Å². The Labute approximate surface area is 88.0 Å². The van der Waals surface area contributed by atoms with Gasteiger partial charge in [-0.3, -0.25) is 0 Å². The molecule has 2 rings (SSSR count). The summed E-state index contributed by atoms with van der Waals surface area (Å²) in [6.45, 7) is 1.98. The highest BCUT2D eigenvalue weighted by atomic mass is 35.5. The van der Waals surface area contributed by atoms with Crippen molar-refractivity contribution in [3.8, 4) is 0 Å². The smallest absolute Gasteiger partial charge is 0.137 e. The van der Waals surface area contributed by atoms with Gasteiger partial charge in [-0.2, -0.15) is 0 Å². The minimum absolute atomic E-state index is 0. The van der Waals surface area contributed by atoms with Crippen LogP contribution in [0.3, 0.4) is 0 Å². The summed E-state index contributed by atoms with van der Waals surface area (Å²) in [5, 5.41) is 0. The summed E-state index contributed by atoms with van der Waals surface area (Å²) in [5.41, 5.74) is 3.06. The maximum Gasteiger partial charge on any atom is 0.137 e. The summed E-state index contributed by atoms with van der Waals surface area (Å²) in [5.74, 6) is 0.521. The van der Waals surface area contributed by atoms with Gasteiger partial charge >= 0.3 is 0 Å². The molecule has 2 aromatic heterocycles. The number of pyridine rings is 1. The van der Waals surface area contributed by atoms with Crippen molar-refractivity contribution in [3.63, 3.8) is 0 Å². The van der Waals surface area contributed by atoms with Crippen LogP contribution in [-0.2, 0) is 5.88 Å². The highest BCUT2D eigenvalue weighted by Crippen LogP contribution is 2.09. The van der Waals surface area contributed by atoms with E-state index in [1.54, 1.807) is 0 Å². The summed E-state index contributed by atoms with van der Waals surface area (Å²) < 4.78 is 2.02. The van der Waals surface area contributed by atoms with Crippen LogP contribution in [0.4, 0.5) is 0 Å². The lowest BCUT2D eigenvalue weighted by Gasteiger charge is -1.98. The van der Waals surface area contributed by atoms with Gasteiger partial charge in [0.1, 0.15) is 5.65 Å². The zero-order valence-electron chi connectivity index (χ0n) is 7.20. The van der Waals surface area contributed by atoms with Crippen LogP contribution in [0.1, 0.15) is 11.4 Å². The van der Waals surface area contributed by atoms with Crippen molar-refractivity contribution in [1.82, 2.24) is 9.38 Å². The first-order valence-electron chi connectivity index (χ1n) is 3.81. The zero-order chi connectivity index (χ0) is 8.55. The molecule has 0 N–H and O–H groups in total. The van der Waals surface area contributed by atoms with Crippen molar-refractivity contribution in [2.24, 2.45) is 0 Å². The summed E-state index contributed by atoms with van der Waals surface area (Å²) in [6, 6.07) is 5.95. The molecule has 2 heterocycles. The Kier molecular flexibility index (Phi) is 3.17. The molecule has 70 valence electrons. The van der Waals surface area contributed by atoms with Gasteiger partial charge in [-0.1, -0.05) is 6.07 Å². The number of aryl methyl sites for hydroxylation is 1. The lowest BCUT2D eigenvalue weighted by molar-refractivity contribution is 1.07. The summed E-state index contributed by atoms with van der Waals surface area (Å²) in [4.78, 5) is 4.33. The van der Waals surface area contributed by atoms with E-state index in [0.29, 0.717) is 5.88 Å². The Morgan fingerprint density at radius 1 is 1.46 bits per heavy atom. The summed E-state index contributed by atoms with van der Waals surface area (Å²) >= 11 is 5.77. The van der Waals surface area contributed by atoms with E-state index in [2.05, 4.69) is 4.98 Å². The van der Waals surface area contributed by atoms with E-state index < -0.39 is 0 Å². The third-order valence-electron chi connectivity index (χ3n) is 1.83. The molecule has 13 heavy (non-hydrogen) atoms. The number of imidazole rings is 1. The van der Waals surface area contributed by atoms with Crippen LogP contribution in [0.5, 0.6) is 0 Å². The monoisotopic (exact) mass is 216 g/mol.